The number of benzene rings is 1. The molecule has 7 heteroatoms. The van der Waals surface area contributed by atoms with E-state index in [0.717, 1.165) is 12.8 Å². The van der Waals surface area contributed by atoms with Crippen molar-refractivity contribution in [2.45, 2.75) is 31.9 Å². The highest BCUT2D eigenvalue weighted by molar-refractivity contribution is 6.01. The lowest BCUT2D eigenvalue weighted by atomic mass is 10.0. The third kappa shape index (κ3) is 3.83. The number of rotatable bonds is 5. The molecule has 25 heavy (non-hydrogen) atoms. The van der Waals surface area contributed by atoms with Crippen LogP contribution in [0.2, 0.25) is 0 Å². The standard InChI is InChI=1S/C18H22N2O5/c1-11(21)17-15(18(22)19-13-7-9-24-10-8-13)16(20-25-17)12-3-5-14(23-2)6-4-12/h3-6,11,13,21H,7-10H2,1-2H3,(H,19,22). The molecule has 7 nitrogen and oxygen atoms in total. The van der Waals surface area contributed by atoms with E-state index in [4.69, 9.17) is 14.0 Å². The third-order valence-electron chi connectivity index (χ3n) is 4.24. The SMILES string of the molecule is COc1ccc(-c2noc(C(C)O)c2C(=O)NC2CCOCC2)cc1. The fourth-order valence-electron chi connectivity index (χ4n) is 2.85. The van der Waals surface area contributed by atoms with Crippen molar-refractivity contribution in [2.24, 2.45) is 0 Å². The minimum absolute atomic E-state index is 0.0433. The molecule has 1 aliphatic heterocycles. The first-order valence-corrected chi connectivity index (χ1v) is 8.30. The smallest absolute Gasteiger partial charge is 0.257 e. The largest absolute Gasteiger partial charge is 0.497 e. The third-order valence-corrected chi connectivity index (χ3v) is 4.24. The van der Waals surface area contributed by atoms with Crippen molar-refractivity contribution in [3.63, 3.8) is 0 Å². The number of aromatic nitrogens is 1. The number of carbonyl (C=O) groups excluding carboxylic acids is 1. The van der Waals surface area contributed by atoms with Crippen LogP contribution in [-0.2, 0) is 4.74 Å². The highest BCUT2D eigenvalue weighted by Gasteiger charge is 2.28. The predicted molar refractivity (Wildman–Crippen MR) is 90.4 cm³/mol. The summed E-state index contributed by atoms with van der Waals surface area (Å²) >= 11 is 0. The average molecular weight is 346 g/mol. The van der Waals surface area contributed by atoms with Crippen LogP contribution < -0.4 is 10.1 Å². The van der Waals surface area contributed by atoms with Crippen LogP contribution in [0.15, 0.2) is 28.8 Å². The normalized spacial score (nSPS) is 16.4. The molecule has 0 bridgehead atoms. The van der Waals surface area contributed by atoms with Gasteiger partial charge in [0, 0.05) is 24.8 Å². The minimum atomic E-state index is -0.935. The van der Waals surface area contributed by atoms with Crippen LogP contribution in [-0.4, -0.2) is 42.5 Å². The van der Waals surface area contributed by atoms with E-state index in [2.05, 4.69) is 10.5 Å². The van der Waals surface area contributed by atoms with Crippen LogP contribution in [0.1, 0.15) is 42.0 Å². The zero-order chi connectivity index (χ0) is 17.8. The molecular weight excluding hydrogens is 324 g/mol. The minimum Gasteiger partial charge on any atom is -0.497 e. The molecule has 1 amide bonds. The average Bonchev–Trinajstić information content (AvgIpc) is 3.08. The van der Waals surface area contributed by atoms with Gasteiger partial charge in [0.05, 0.1) is 7.11 Å². The Morgan fingerprint density at radius 3 is 2.60 bits per heavy atom. The van der Waals surface area contributed by atoms with Gasteiger partial charge < -0.3 is 24.4 Å². The highest BCUT2D eigenvalue weighted by atomic mass is 16.5. The number of amides is 1. The maximum atomic E-state index is 12.8. The Labute approximate surface area is 145 Å². The molecule has 0 spiro atoms. The second-order valence-electron chi connectivity index (χ2n) is 6.04. The van der Waals surface area contributed by atoms with Crippen molar-refractivity contribution in [3.05, 3.63) is 35.6 Å². The molecule has 1 aromatic carbocycles. The molecule has 2 heterocycles. The second-order valence-corrected chi connectivity index (χ2v) is 6.04. The Morgan fingerprint density at radius 1 is 1.32 bits per heavy atom. The van der Waals surface area contributed by atoms with Gasteiger partial charge >= 0.3 is 0 Å². The Balaban J connectivity index is 1.91. The van der Waals surface area contributed by atoms with Gasteiger partial charge in [-0.25, -0.2) is 0 Å². The zero-order valence-corrected chi connectivity index (χ0v) is 14.3. The number of hydrogen-bond donors (Lipinski definition) is 2. The molecule has 0 saturated carbocycles. The zero-order valence-electron chi connectivity index (χ0n) is 14.3. The summed E-state index contributed by atoms with van der Waals surface area (Å²) in [4.78, 5) is 12.8. The van der Waals surface area contributed by atoms with Gasteiger partial charge in [0.15, 0.2) is 5.76 Å². The molecule has 0 radical (unpaired) electrons. The molecular formula is C18H22N2O5. The molecule has 1 atom stereocenters. The van der Waals surface area contributed by atoms with Crippen LogP contribution in [0.25, 0.3) is 11.3 Å². The number of nitrogens with zero attached hydrogens (tertiary/aromatic N) is 1. The first kappa shape index (κ1) is 17.4. The Bertz CT molecular complexity index is 718. The van der Waals surface area contributed by atoms with Gasteiger partial charge in [-0.2, -0.15) is 0 Å². The van der Waals surface area contributed by atoms with Gasteiger partial charge in [-0.3, -0.25) is 4.79 Å². The molecule has 1 fully saturated rings. The summed E-state index contributed by atoms with van der Waals surface area (Å²) < 4.78 is 15.7. The van der Waals surface area contributed by atoms with Crippen LogP contribution in [0.4, 0.5) is 0 Å². The van der Waals surface area contributed by atoms with Gasteiger partial charge in [0.1, 0.15) is 23.1 Å². The van der Waals surface area contributed by atoms with Crippen LogP contribution in [0, 0.1) is 0 Å². The lowest BCUT2D eigenvalue weighted by Gasteiger charge is -2.23. The predicted octanol–water partition coefficient (Wildman–Crippen LogP) is 2.31. The van der Waals surface area contributed by atoms with E-state index in [9.17, 15) is 9.90 Å². The quantitative estimate of drug-likeness (QED) is 0.863. The maximum Gasteiger partial charge on any atom is 0.257 e. The number of ether oxygens (including phenoxy) is 2. The van der Waals surface area contributed by atoms with E-state index in [-0.39, 0.29) is 23.3 Å². The lowest BCUT2D eigenvalue weighted by Crippen LogP contribution is -2.39. The molecule has 134 valence electrons. The molecule has 3 rings (SSSR count). The summed E-state index contributed by atoms with van der Waals surface area (Å²) in [5, 5.41) is 17.0. The molecule has 1 aromatic heterocycles. The Hall–Kier alpha value is -2.38. The van der Waals surface area contributed by atoms with Gasteiger partial charge in [0.2, 0.25) is 0 Å². The highest BCUT2D eigenvalue weighted by Crippen LogP contribution is 2.30. The van der Waals surface area contributed by atoms with E-state index in [0.29, 0.717) is 30.2 Å². The number of nitrogens with one attached hydrogen (secondary N) is 1. The number of hydrogen-bond acceptors (Lipinski definition) is 6. The van der Waals surface area contributed by atoms with Gasteiger partial charge in [0.25, 0.3) is 5.91 Å². The molecule has 2 aromatic rings. The summed E-state index contributed by atoms with van der Waals surface area (Å²) in [6.07, 6.45) is 0.590. The number of methoxy groups -OCH3 is 1. The number of aliphatic hydroxyl groups is 1. The summed E-state index contributed by atoms with van der Waals surface area (Å²) in [5.74, 6) is 0.571. The molecule has 1 unspecified atom stereocenters. The Kier molecular flexibility index (Phi) is 5.35. The van der Waals surface area contributed by atoms with Gasteiger partial charge in [-0.15, -0.1) is 0 Å². The van der Waals surface area contributed by atoms with Crippen molar-refractivity contribution < 1.29 is 23.9 Å². The van der Waals surface area contributed by atoms with Crippen LogP contribution in [0.3, 0.4) is 0 Å². The van der Waals surface area contributed by atoms with E-state index in [1.807, 2.05) is 0 Å². The molecule has 2 N–H and O–H groups in total. The van der Waals surface area contributed by atoms with E-state index >= 15 is 0 Å². The number of aliphatic hydroxyl groups excluding tert-OH is 1. The fourth-order valence-corrected chi connectivity index (χ4v) is 2.85. The summed E-state index contributed by atoms with van der Waals surface area (Å²) in [6, 6.07) is 7.21. The molecule has 1 aliphatic rings. The van der Waals surface area contributed by atoms with Crippen molar-refractivity contribution >= 4 is 5.91 Å². The summed E-state index contributed by atoms with van der Waals surface area (Å²) in [5.41, 5.74) is 1.39. The van der Waals surface area contributed by atoms with Crippen LogP contribution >= 0.6 is 0 Å². The molecule has 1 saturated heterocycles. The van der Waals surface area contributed by atoms with Crippen LogP contribution in [0.5, 0.6) is 5.75 Å². The first-order valence-electron chi connectivity index (χ1n) is 8.30. The van der Waals surface area contributed by atoms with Gasteiger partial charge in [-0.05, 0) is 44.0 Å². The topological polar surface area (TPSA) is 93.8 Å². The number of carbonyl (C=O) groups is 1. The summed E-state index contributed by atoms with van der Waals surface area (Å²) in [6.45, 7) is 2.80. The maximum absolute atomic E-state index is 12.8. The van der Waals surface area contributed by atoms with Crippen molar-refractivity contribution in [3.8, 4) is 17.0 Å². The first-order chi connectivity index (χ1) is 12.1. The van der Waals surface area contributed by atoms with E-state index in [1.165, 1.54) is 0 Å². The molecule has 0 aliphatic carbocycles. The second kappa shape index (κ2) is 7.67. The van der Waals surface area contributed by atoms with Crippen molar-refractivity contribution in [1.82, 2.24) is 10.5 Å². The van der Waals surface area contributed by atoms with E-state index in [1.54, 1.807) is 38.3 Å². The summed E-state index contributed by atoms with van der Waals surface area (Å²) in [7, 11) is 1.59. The Morgan fingerprint density at radius 2 is 2.00 bits per heavy atom. The monoisotopic (exact) mass is 346 g/mol. The fraction of sp³-hybridized carbons (Fsp3) is 0.444. The van der Waals surface area contributed by atoms with Crippen molar-refractivity contribution in [2.75, 3.05) is 20.3 Å². The van der Waals surface area contributed by atoms with Gasteiger partial charge in [-0.1, -0.05) is 5.16 Å². The van der Waals surface area contributed by atoms with E-state index < -0.39 is 6.10 Å². The van der Waals surface area contributed by atoms with Crippen molar-refractivity contribution in [1.29, 1.82) is 0 Å². The lowest BCUT2D eigenvalue weighted by molar-refractivity contribution is 0.0692.